The zero-order valence-electron chi connectivity index (χ0n) is 18.3. The van der Waals surface area contributed by atoms with Gasteiger partial charge in [0.1, 0.15) is 5.82 Å². The largest absolute Gasteiger partial charge is 0.353 e. The minimum atomic E-state index is -0.0969. The van der Waals surface area contributed by atoms with Gasteiger partial charge in [0.05, 0.1) is 29.5 Å². The van der Waals surface area contributed by atoms with E-state index in [2.05, 4.69) is 25.0 Å². The molecule has 0 bridgehead atoms. The fraction of sp³-hybridized carbons (Fsp3) is 0.348. The zero-order valence-corrected chi connectivity index (χ0v) is 18.3. The highest BCUT2D eigenvalue weighted by atomic mass is 16.1. The van der Waals surface area contributed by atoms with Crippen molar-refractivity contribution < 1.29 is 0 Å². The van der Waals surface area contributed by atoms with Gasteiger partial charge in [-0.15, -0.1) is 5.10 Å². The molecule has 0 radical (unpaired) electrons. The van der Waals surface area contributed by atoms with Crippen LogP contribution in [0.15, 0.2) is 53.5 Å². The van der Waals surface area contributed by atoms with E-state index in [-0.39, 0.29) is 5.56 Å². The Morgan fingerprint density at radius 1 is 0.875 bits per heavy atom. The van der Waals surface area contributed by atoms with Crippen LogP contribution < -0.4 is 10.5 Å². The maximum absolute atomic E-state index is 12.3. The molecule has 164 valence electrons. The first-order valence-electron chi connectivity index (χ1n) is 10.9. The van der Waals surface area contributed by atoms with E-state index >= 15 is 0 Å². The number of hydrogen-bond acceptors (Lipinski definition) is 7. The Labute approximate surface area is 185 Å². The lowest BCUT2D eigenvalue weighted by molar-refractivity contribution is 0.242. The van der Waals surface area contributed by atoms with Crippen LogP contribution in [0.5, 0.6) is 0 Å². The van der Waals surface area contributed by atoms with Crippen LogP contribution in [0.25, 0.3) is 16.9 Å². The normalized spacial score (nSPS) is 14.9. The van der Waals surface area contributed by atoms with E-state index in [1.807, 2.05) is 50.4 Å². The van der Waals surface area contributed by atoms with Crippen LogP contribution in [0, 0.1) is 13.8 Å². The van der Waals surface area contributed by atoms with Gasteiger partial charge in [0.2, 0.25) is 0 Å². The molecule has 0 saturated carbocycles. The molecule has 0 spiro atoms. The van der Waals surface area contributed by atoms with Crippen LogP contribution in [0.4, 0.5) is 5.82 Å². The number of anilines is 1. The van der Waals surface area contributed by atoms with Crippen molar-refractivity contribution in [3.63, 3.8) is 0 Å². The van der Waals surface area contributed by atoms with Gasteiger partial charge in [-0.05, 0) is 38.1 Å². The lowest BCUT2D eigenvalue weighted by Crippen LogP contribution is -2.48. The van der Waals surface area contributed by atoms with E-state index in [4.69, 9.17) is 4.98 Å². The standard InChI is InChI=1S/C23H26N8O/c1-17-15-18(2)31(26-17)21-7-8-23(32)30(27-21)14-11-28-9-12-29(13-10-28)22-16-24-19-5-3-4-6-20(19)25-22/h3-8,15-16H,9-14H2,1-2H3. The smallest absolute Gasteiger partial charge is 0.266 e. The van der Waals surface area contributed by atoms with Crippen molar-refractivity contribution in [3.8, 4) is 5.82 Å². The van der Waals surface area contributed by atoms with E-state index < -0.39 is 0 Å². The van der Waals surface area contributed by atoms with E-state index in [1.165, 1.54) is 4.68 Å². The number of benzene rings is 1. The van der Waals surface area contributed by atoms with E-state index in [9.17, 15) is 4.79 Å². The van der Waals surface area contributed by atoms with Crippen molar-refractivity contribution in [2.45, 2.75) is 20.4 Å². The van der Waals surface area contributed by atoms with Gasteiger partial charge in [0, 0.05) is 44.5 Å². The highest BCUT2D eigenvalue weighted by molar-refractivity contribution is 5.75. The van der Waals surface area contributed by atoms with Gasteiger partial charge in [0.15, 0.2) is 5.82 Å². The number of fused-ring (bicyclic) bond motifs is 1. The Kier molecular flexibility index (Phi) is 5.40. The summed E-state index contributed by atoms with van der Waals surface area (Å²) in [6.07, 6.45) is 1.85. The number of nitrogens with zero attached hydrogens (tertiary/aromatic N) is 8. The molecule has 1 aliphatic heterocycles. The van der Waals surface area contributed by atoms with Crippen molar-refractivity contribution in [2.75, 3.05) is 37.6 Å². The number of hydrogen-bond donors (Lipinski definition) is 0. The fourth-order valence-corrected chi connectivity index (χ4v) is 4.11. The first-order valence-corrected chi connectivity index (χ1v) is 10.9. The Morgan fingerprint density at radius 2 is 1.66 bits per heavy atom. The first kappa shape index (κ1) is 20.3. The van der Waals surface area contributed by atoms with Gasteiger partial charge in [-0.3, -0.25) is 14.7 Å². The number of rotatable bonds is 5. The van der Waals surface area contributed by atoms with Crippen molar-refractivity contribution in [2.24, 2.45) is 0 Å². The monoisotopic (exact) mass is 430 g/mol. The highest BCUT2D eigenvalue weighted by Crippen LogP contribution is 2.17. The molecule has 32 heavy (non-hydrogen) atoms. The molecule has 1 fully saturated rings. The maximum Gasteiger partial charge on any atom is 0.266 e. The molecular weight excluding hydrogens is 404 g/mol. The Morgan fingerprint density at radius 3 is 2.41 bits per heavy atom. The van der Waals surface area contributed by atoms with Crippen LogP contribution in [-0.4, -0.2) is 67.2 Å². The molecule has 0 unspecified atom stereocenters. The quantitative estimate of drug-likeness (QED) is 0.477. The SMILES string of the molecule is Cc1cc(C)n(-c2ccc(=O)n(CCN3CCN(c4cnc5ccccc5n4)CC3)n2)n1. The van der Waals surface area contributed by atoms with Crippen LogP contribution in [0.1, 0.15) is 11.4 Å². The summed E-state index contributed by atoms with van der Waals surface area (Å²) >= 11 is 0. The third-order valence-corrected chi connectivity index (χ3v) is 5.84. The van der Waals surface area contributed by atoms with E-state index in [0.717, 1.165) is 61.0 Å². The first-order chi connectivity index (χ1) is 15.6. The maximum atomic E-state index is 12.3. The second-order valence-electron chi connectivity index (χ2n) is 8.14. The molecule has 5 rings (SSSR count). The summed E-state index contributed by atoms with van der Waals surface area (Å²) < 4.78 is 3.31. The predicted octanol–water partition coefficient (Wildman–Crippen LogP) is 1.81. The van der Waals surface area contributed by atoms with Gasteiger partial charge >= 0.3 is 0 Å². The van der Waals surface area contributed by atoms with Crippen LogP contribution in [-0.2, 0) is 6.54 Å². The molecule has 4 aromatic rings. The Bertz CT molecular complexity index is 1300. The van der Waals surface area contributed by atoms with Crippen molar-refractivity contribution in [1.29, 1.82) is 0 Å². The second-order valence-corrected chi connectivity index (χ2v) is 8.14. The third kappa shape index (κ3) is 4.11. The second kappa shape index (κ2) is 8.51. The Balaban J connectivity index is 1.22. The number of piperazine rings is 1. The molecule has 0 aliphatic carbocycles. The summed E-state index contributed by atoms with van der Waals surface area (Å²) in [6.45, 7) is 8.80. The van der Waals surface area contributed by atoms with Crippen molar-refractivity contribution in [3.05, 3.63) is 70.4 Å². The zero-order chi connectivity index (χ0) is 22.1. The number of aromatic nitrogens is 6. The summed E-state index contributed by atoms with van der Waals surface area (Å²) in [6, 6.07) is 13.2. The fourth-order valence-electron chi connectivity index (χ4n) is 4.11. The average molecular weight is 431 g/mol. The average Bonchev–Trinajstić information content (AvgIpc) is 3.16. The summed E-state index contributed by atoms with van der Waals surface area (Å²) in [5.74, 6) is 1.58. The van der Waals surface area contributed by atoms with Gasteiger partial charge in [0.25, 0.3) is 5.56 Å². The van der Waals surface area contributed by atoms with E-state index in [0.29, 0.717) is 12.4 Å². The molecule has 0 amide bonds. The van der Waals surface area contributed by atoms with Crippen LogP contribution in [0.2, 0.25) is 0 Å². The highest BCUT2D eigenvalue weighted by Gasteiger charge is 2.19. The molecular formula is C23H26N8O. The Hall–Kier alpha value is -3.59. The lowest BCUT2D eigenvalue weighted by Gasteiger charge is -2.35. The van der Waals surface area contributed by atoms with Gasteiger partial charge < -0.3 is 4.90 Å². The molecule has 3 aromatic heterocycles. The predicted molar refractivity (Wildman–Crippen MR) is 123 cm³/mol. The van der Waals surface area contributed by atoms with Gasteiger partial charge in [-0.2, -0.15) is 5.10 Å². The minimum Gasteiger partial charge on any atom is -0.353 e. The molecule has 9 nitrogen and oxygen atoms in total. The van der Waals surface area contributed by atoms with Gasteiger partial charge in [-0.1, -0.05) is 12.1 Å². The molecule has 1 aliphatic rings. The molecule has 1 aromatic carbocycles. The molecule has 0 atom stereocenters. The topological polar surface area (TPSA) is 85.0 Å². The van der Waals surface area contributed by atoms with E-state index in [1.54, 1.807) is 16.8 Å². The summed E-state index contributed by atoms with van der Waals surface area (Å²) in [5.41, 5.74) is 3.65. The molecule has 9 heteroatoms. The van der Waals surface area contributed by atoms with Crippen molar-refractivity contribution in [1.82, 2.24) is 34.4 Å². The molecule has 0 N–H and O–H groups in total. The third-order valence-electron chi connectivity index (χ3n) is 5.84. The minimum absolute atomic E-state index is 0.0969. The molecule has 1 saturated heterocycles. The molecule has 4 heterocycles. The number of para-hydroxylation sites is 2. The summed E-state index contributed by atoms with van der Waals surface area (Å²) in [4.78, 5) is 26.3. The van der Waals surface area contributed by atoms with Crippen LogP contribution in [0.3, 0.4) is 0 Å². The lowest BCUT2D eigenvalue weighted by atomic mass is 10.3. The van der Waals surface area contributed by atoms with Crippen molar-refractivity contribution >= 4 is 16.9 Å². The van der Waals surface area contributed by atoms with Gasteiger partial charge in [-0.25, -0.2) is 14.3 Å². The number of aryl methyl sites for hydroxylation is 2. The summed E-state index contributed by atoms with van der Waals surface area (Å²) in [5, 5.41) is 9.01. The van der Waals surface area contributed by atoms with Crippen LogP contribution >= 0.6 is 0 Å². The summed E-state index contributed by atoms with van der Waals surface area (Å²) in [7, 11) is 0.